The fourth-order valence-corrected chi connectivity index (χ4v) is 4.18. The number of rotatable bonds is 7. The van der Waals surface area contributed by atoms with Crippen LogP contribution in [0, 0.1) is 13.8 Å². The smallest absolute Gasteiger partial charge is 0.335 e. The zero-order valence-corrected chi connectivity index (χ0v) is 15.6. The Labute approximate surface area is 147 Å². The van der Waals surface area contributed by atoms with E-state index in [1.807, 2.05) is 13.8 Å². The standard InChI is InChI=1S/C17H23N3O4S/c1-11(2)20-13(4)16(12(3)19-20)25(23,24)18-10-9-14-5-7-15(8-6-14)17(21)22/h5-8,11,18H,9-10H2,1-4H3,(H,21,22). The normalized spacial score (nSPS) is 11.9. The molecule has 0 fully saturated rings. The number of carboxylic acids is 1. The summed E-state index contributed by atoms with van der Waals surface area (Å²) in [6.07, 6.45) is 0.468. The molecule has 0 unspecified atom stereocenters. The summed E-state index contributed by atoms with van der Waals surface area (Å²) < 4.78 is 29.5. The molecule has 0 aliphatic heterocycles. The zero-order valence-electron chi connectivity index (χ0n) is 14.8. The van der Waals surface area contributed by atoms with Gasteiger partial charge in [-0.2, -0.15) is 5.10 Å². The second-order valence-electron chi connectivity index (χ2n) is 6.19. The highest BCUT2D eigenvalue weighted by Crippen LogP contribution is 2.21. The van der Waals surface area contributed by atoms with Crippen LogP contribution in [0.25, 0.3) is 0 Å². The summed E-state index contributed by atoms with van der Waals surface area (Å²) in [7, 11) is -3.65. The third-order valence-electron chi connectivity index (χ3n) is 3.92. The second-order valence-corrected chi connectivity index (χ2v) is 7.89. The van der Waals surface area contributed by atoms with Crippen LogP contribution >= 0.6 is 0 Å². The quantitative estimate of drug-likeness (QED) is 0.784. The maximum Gasteiger partial charge on any atom is 0.335 e. The van der Waals surface area contributed by atoms with Gasteiger partial charge in [0, 0.05) is 12.6 Å². The third kappa shape index (κ3) is 4.26. The van der Waals surface area contributed by atoms with E-state index in [9.17, 15) is 13.2 Å². The molecule has 136 valence electrons. The molecule has 0 aliphatic rings. The van der Waals surface area contributed by atoms with Gasteiger partial charge in [0.1, 0.15) is 4.90 Å². The van der Waals surface area contributed by atoms with Crippen LogP contribution in [0.3, 0.4) is 0 Å². The summed E-state index contributed by atoms with van der Waals surface area (Å²) >= 11 is 0. The van der Waals surface area contributed by atoms with E-state index in [-0.39, 0.29) is 23.0 Å². The van der Waals surface area contributed by atoms with Crippen LogP contribution in [0.4, 0.5) is 0 Å². The average molecular weight is 365 g/mol. The Morgan fingerprint density at radius 2 is 1.84 bits per heavy atom. The molecule has 1 heterocycles. The van der Waals surface area contributed by atoms with Crippen molar-refractivity contribution in [3.05, 3.63) is 46.8 Å². The number of aryl methyl sites for hydroxylation is 1. The number of aromatic nitrogens is 2. The zero-order chi connectivity index (χ0) is 18.8. The van der Waals surface area contributed by atoms with Gasteiger partial charge in [-0.1, -0.05) is 12.1 Å². The Hall–Kier alpha value is -2.19. The summed E-state index contributed by atoms with van der Waals surface area (Å²) in [4.78, 5) is 11.1. The van der Waals surface area contributed by atoms with E-state index in [0.29, 0.717) is 17.8 Å². The van der Waals surface area contributed by atoms with E-state index in [1.165, 1.54) is 12.1 Å². The average Bonchev–Trinajstić information content (AvgIpc) is 2.83. The van der Waals surface area contributed by atoms with Crippen molar-refractivity contribution in [1.82, 2.24) is 14.5 Å². The van der Waals surface area contributed by atoms with Crippen LogP contribution in [0.15, 0.2) is 29.2 Å². The molecule has 0 amide bonds. The lowest BCUT2D eigenvalue weighted by Gasteiger charge is -2.10. The molecular formula is C17H23N3O4S. The molecule has 0 saturated heterocycles. The molecule has 0 spiro atoms. The van der Waals surface area contributed by atoms with Crippen molar-refractivity contribution in [3.8, 4) is 0 Å². The van der Waals surface area contributed by atoms with Gasteiger partial charge in [0.2, 0.25) is 10.0 Å². The van der Waals surface area contributed by atoms with Gasteiger partial charge in [-0.15, -0.1) is 0 Å². The third-order valence-corrected chi connectivity index (χ3v) is 5.64. The minimum absolute atomic E-state index is 0.0791. The van der Waals surface area contributed by atoms with Crippen molar-refractivity contribution in [2.75, 3.05) is 6.54 Å². The molecule has 1 aromatic heterocycles. The van der Waals surface area contributed by atoms with Gasteiger partial charge in [0.05, 0.1) is 17.0 Å². The minimum Gasteiger partial charge on any atom is -0.478 e. The molecule has 2 rings (SSSR count). The van der Waals surface area contributed by atoms with Gasteiger partial charge < -0.3 is 5.11 Å². The number of sulfonamides is 1. The predicted molar refractivity (Wildman–Crippen MR) is 94.4 cm³/mol. The number of benzene rings is 1. The monoisotopic (exact) mass is 365 g/mol. The first-order valence-electron chi connectivity index (χ1n) is 8.01. The highest BCUT2D eigenvalue weighted by Gasteiger charge is 2.24. The lowest BCUT2D eigenvalue weighted by Crippen LogP contribution is -2.27. The van der Waals surface area contributed by atoms with Crippen LogP contribution in [0.5, 0.6) is 0 Å². The van der Waals surface area contributed by atoms with Crippen molar-refractivity contribution >= 4 is 16.0 Å². The number of carbonyl (C=O) groups is 1. The Morgan fingerprint density at radius 3 is 2.32 bits per heavy atom. The first-order valence-corrected chi connectivity index (χ1v) is 9.49. The lowest BCUT2D eigenvalue weighted by atomic mass is 10.1. The molecule has 25 heavy (non-hydrogen) atoms. The molecule has 2 aromatic rings. The first kappa shape index (κ1) is 19.1. The lowest BCUT2D eigenvalue weighted by molar-refractivity contribution is 0.0697. The van der Waals surface area contributed by atoms with Crippen molar-refractivity contribution in [1.29, 1.82) is 0 Å². The van der Waals surface area contributed by atoms with Crippen molar-refractivity contribution in [2.24, 2.45) is 0 Å². The Kier molecular flexibility index (Phi) is 5.64. The van der Waals surface area contributed by atoms with E-state index < -0.39 is 16.0 Å². The Bertz CT molecular complexity index is 868. The topological polar surface area (TPSA) is 101 Å². The van der Waals surface area contributed by atoms with Crippen molar-refractivity contribution < 1.29 is 18.3 Å². The summed E-state index contributed by atoms with van der Waals surface area (Å²) in [6, 6.07) is 6.46. The molecule has 0 radical (unpaired) electrons. The Balaban J connectivity index is 2.08. The minimum atomic E-state index is -3.65. The molecular weight excluding hydrogens is 342 g/mol. The Morgan fingerprint density at radius 1 is 1.24 bits per heavy atom. The summed E-state index contributed by atoms with van der Waals surface area (Å²) in [5, 5.41) is 13.2. The van der Waals surface area contributed by atoms with Crippen LogP contribution in [-0.4, -0.2) is 35.8 Å². The van der Waals surface area contributed by atoms with Gasteiger partial charge in [-0.25, -0.2) is 17.9 Å². The maximum atomic E-state index is 12.6. The van der Waals surface area contributed by atoms with E-state index in [2.05, 4.69) is 9.82 Å². The molecule has 0 atom stereocenters. The predicted octanol–water partition coefficient (Wildman–Crippen LogP) is 2.30. The van der Waals surface area contributed by atoms with Crippen molar-refractivity contribution in [2.45, 2.75) is 45.1 Å². The molecule has 0 aliphatic carbocycles. The van der Waals surface area contributed by atoms with Gasteiger partial charge >= 0.3 is 5.97 Å². The van der Waals surface area contributed by atoms with Gasteiger partial charge in [0.25, 0.3) is 0 Å². The fourth-order valence-electron chi connectivity index (χ4n) is 2.76. The number of hydrogen-bond donors (Lipinski definition) is 2. The van der Waals surface area contributed by atoms with E-state index in [1.54, 1.807) is 30.7 Å². The highest BCUT2D eigenvalue weighted by atomic mass is 32.2. The van der Waals surface area contributed by atoms with E-state index in [0.717, 1.165) is 5.56 Å². The molecule has 8 heteroatoms. The highest BCUT2D eigenvalue weighted by molar-refractivity contribution is 7.89. The van der Waals surface area contributed by atoms with Crippen LogP contribution in [0.2, 0.25) is 0 Å². The van der Waals surface area contributed by atoms with Gasteiger partial charge in [-0.05, 0) is 51.8 Å². The largest absolute Gasteiger partial charge is 0.478 e. The summed E-state index contributed by atoms with van der Waals surface area (Å²) in [5.74, 6) is -0.986. The first-order chi connectivity index (χ1) is 11.6. The van der Waals surface area contributed by atoms with Crippen LogP contribution in [-0.2, 0) is 16.4 Å². The van der Waals surface area contributed by atoms with E-state index in [4.69, 9.17) is 5.11 Å². The van der Waals surface area contributed by atoms with Gasteiger partial charge in [-0.3, -0.25) is 4.68 Å². The van der Waals surface area contributed by atoms with Crippen LogP contribution < -0.4 is 4.72 Å². The SMILES string of the molecule is Cc1nn(C(C)C)c(C)c1S(=O)(=O)NCCc1ccc(C(=O)O)cc1. The number of carboxylic acid groups (broad SMARTS) is 1. The summed E-state index contributed by atoms with van der Waals surface area (Å²) in [6.45, 7) is 7.55. The molecule has 1 aromatic carbocycles. The number of nitrogens with one attached hydrogen (secondary N) is 1. The van der Waals surface area contributed by atoms with E-state index >= 15 is 0 Å². The van der Waals surface area contributed by atoms with Crippen molar-refractivity contribution in [3.63, 3.8) is 0 Å². The molecule has 0 saturated carbocycles. The molecule has 7 nitrogen and oxygen atoms in total. The fraction of sp³-hybridized carbons (Fsp3) is 0.412. The van der Waals surface area contributed by atoms with Gasteiger partial charge in [0.15, 0.2) is 0 Å². The maximum absolute atomic E-state index is 12.6. The number of nitrogens with zero attached hydrogens (tertiary/aromatic N) is 2. The number of aromatic carboxylic acids is 1. The molecule has 0 bridgehead atoms. The van der Waals surface area contributed by atoms with Crippen LogP contribution in [0.1, 0.15) is 47.2 Å². The molecule has 2 N–H and O–H groups in total. The number of hydrogen-bond acceptors (Lipinski definition) is 4. The second kappa shape index (κ2) is 7.37. The summed E-state index contributed by atoms with van der Waals surface area (Å²) in [5.41, 5.74) is 2.16.